The quantitative estimate of drug-likeness (QED) is 0.780. The van der Waals surface area contributed by atoms with Gasteiger partial charge in [-0.2, -0.15) is 4.98 Å². The van der Waals surface area contributed by atoms with E-state index in [1.54, 1.807) is 30.5 Å². The van der Waals surface area contributed by atoms with Crippen molar-refractivity contribution in [2.75, 3.05) is 5.32 Å². The van der Waals surface area contributed by atoms with Crippen LogP contribution in [-0.4, -0.2) is 10.1 Å². The highest BCUT2D eigenvalue weighted by atomic mass is 19.1. The first-order valence-corrected chi connectivity index (χ1v) is 5.68. The number of anilines is 1. The van der Waals surface area contributed by atoms with E-state index in [9.17, 15) is 4.39 Å². The van der Waals surface area contributed by atoms with Crippen molar-refractivity contribution in [3.8, 4) is 11.4 Å². The fourth-order valence-electron chi connectivity index (χ4n) is 1.62. The largest absolute Gasteiger partial charge is 0.467 e. The third-order valence-corrected chi connectivity index (χ3v) is 2.53. The predicted molar refractivity (Wildman–Crippen MR) is 65.7 cm³/mol. The van der Waals surface area contributed by atoms with Crippen molar-refractivity contribution in [1.29, 1.82) is 0 Å². The van der Waals surface area contributed by atoms with Gasteiger partial charge in [-0.3, -0.25) is 0 Å². The van der Waals surface area contributed by atoms with E-state index in [2.05, 4.69) is 15.5 Å². The third-order valence-electron chi connectivity index (χ3n) is 2.53. The lowest BCUT2D eigenvalue weighted by Crippen LogP contribution is -1.98. The molecule has 0 unspecified atom stereocenters. The van der Waals surface area contributed by atoms with Gasteiger partial charge >= 0.3 is 6.01 Å². The molecule has 0 radical (unpaired) electrons. The van der Waals surface area contributed by atoms with Crippen molar-refractivity contribution in [2.45, 2.75) is 6.54 Å². The van der Waals surface area contributed by atoms with Crippen molar-refractivity contribution in [2.24, 2.45) is 0 Å². The summed E-state index contributed by atoms with van der Waals surface area (Å²) in [6.45, 7) is 0.423. The molecular formula is C13H10FN3O2. The molecule has 6 heteroatoms. The molecule has 0 bridgehead atoms. The number of rotatable bonds is 4. The highest BCUT2D eigenvalue weighted by Gasteiger charge is 2.12. The van der Waals surface area contributed by atoms with Crippen molar-refractivity contribution in [1.82, 2.24) is 10.1 Å². The van der Waals surface area contributed by atoms with Crippen molar-refractivity contribution >= 4 is 6.01 Å². The molecule has 19 heavy (non-hydrogen) atoms. The summed E-state index contributed by atoms with van der Waals surface area (Å²) in [7, 11) is 0. The second kappa shape index (κ2) is 4.93. The van der Waals surface area contributed by atoms with E-state index in [-0.39, 0.29) is 17.7 Å². The van der Waals surface area contributed by atoms with Crippen LogP contribution in [0.5, 0.6) is 0 Å². The van der Waals surface area contributed by atoms with E-state index in [1.807, 2.05) is 6.07 Å². The summed E-state index contributed by atoms with van der Waals surface area (Å²) in [5.74, 6) is 0.562. The summed E-state index contributed by atoms with van der Waals surface area (Å²) in [4.78, 5) is 4.07. The number of hydrogen-bond donors (Lipinski definition) is 1. The molecule has 96 valence electrons. The zero-order valence-electron chi connectivity index (χ0n) is 9.84. The summed E-state index contributed by atoms with van der Waals surface area (Å²) >= 11 is 0. The topological polar surface area (TPSA) is 64.1 Å². The first kappa shape index (κ1) is 11.5. The lowest BCUT2D eigenvalue weighted by Gasteiger charge is -1.96. The molecule has 1 N–H and O–H groups in total. The number of halogens is 1. The van der Waals surface area contributed by atoms with Gasteiger partial charge in [0.2, 0.25) is 5.82 Å². The van der Waals surface area contributed by atoms with Crippen molar-refractivity contribution < 1.29 is 13.3 Å². The molecule has 3 rings (SSSR count). The maximum Gasteiger partial charge on any atom is 0.322 e. The van der Waals surface area contributed by atoms with E-state index >= 15 is 0 Å². The first-order valence-electron chi connectivity index (χ1n) is 5.68. The van der Waals surface area contributed by atoms with Crippen LogP contribution < -0.4 is 5.32 Å². The SMILES string of the molecule is Fc1ccccc1-c1noc(NCc2ccco2)n1. The van der Waals surface area contributed by atoms with Crippen molar-refractivity contribution in [3.63, 3.8) is 0 Å². The molecule has 3 aromatic rings. The van der Waals surface area contributed by atoms with Crippen LogP contribution in [0.25, 0.3) is 11.4 Å². The van der Waals surface area contributed by atoms with Gasteiger partial charge in [-0.15, -0.1) is 0 Å². The summed E-state index contributed by atoms with van der Waals surface area (Å²) in [6, 6.07) is 10.1. The van der Waals surface area contributed by atoms with Gasteiger partial charge in [-0.1, -0.05) is 17.3 Å². The molecule has 0 aliphatic carbocycles. The molecule has 0 aliphatic heterocycles. The van der Waals surface area contributed by atoms with Gasteiger partial charge in [0.05, 0.1) is 18.4 Å². The maximum atomic E-state index is 13.5. The van der Waals surface area contributed by atoms with Crippen LogP contribution >= 0.6 is 0 Å². The van der Waals surface area contributed by atoms with Crippen LogP contribution in [-0.2, 0) is 6.54 Å². The summed E-state index contributed by atoms with van der Waals surface area (Å²) in [5.41, 5.74) is 0.303. The van der Waals surface area contributed by atoms with Crippen LogP contribution in [0.3, 0.4) is 0 Å². The minimum Gasteiger partial charge on any atom is -0.467 e. The van der Waals surface area contributed by atoms with Gasteiger partial charge in [0, 0.05) is 0 Å². The Morgan fingerprint density at radius 1 is 1.16 bits per heavy atom. The van der Waals surface area contributed by atoms with E-state index < -0.39 is 0 Å². The Morgan fingerprint density at radius 3 is 2.84 bits per heavy atom. The fraction of sp³-hybridized carbons (Fsp3) is 0.0769. The minimum atomic E-state index is -0.388. The number of nitrogens with one attached hydrogen (secondary N) is 1. The van der Waals surface area contributed by atoms with E-state index in [0.29, 0.717) is 12.1 Å². The Morgan fingerprint density at radius 2 is 2.05 bits per heavy atom. The lowest BCUT2D eigenvalue weighted by molar-refractivity contribution is 0.428. The van der Waals surface area contributed by atoms with Crippen LogP contribution in [0.2, 0.25) is 0 Å². The zero-order valence-corrected chi connectivity index (χ0v) is 9.84. The Bertz CT molecular complexity index is 664. The van der Waals surface area contributed by atoms with E-state index in [0.717, 1.165) is 5.76 Å². The maximum absolute atomic E-state index is 13.5. The van der Waals surface area contributed by atoms with Crippen LogP contribution in [0, 0.1) is 5.82 Å². The Kier molecular flexibility index (Phi) is 2.97. The highest BCUT2D eigenvalue weighted by Crippen LogP contribution is 2.20. The monoisotopic (exact) mass is 259 g/mol. The lowest BCUT2D eigenvalue weighted by atomic mass is 10.2. The smallest absolute Gasteiger partial charge is 0.322 e. The number of nitrogens with zero attached hydrogens (tertiary/aromatic N) is 2. The summed E-state index contributed by atoms with van der Waals surface area (Å²) < 4.78 is 23.7. The third kappa shape index (κ3) is 2.47. The molecule has 1 aromatic carbocycles. The second-order valence-corrected chi connectivity index (χ2v) is 3.84. The number of benzene rings is 1. The Hall–Kier alpha value is -2.63. The Labute approximate surface area is 108 Å². The van der Waals surface area contributed by atoms with Crippen LogP contribution in [0.1, 0.15) is 5.76 Å². The molecule has 0 atom stereocenters. The van der Waals surface area contributed by atoms with Gasteiger partial charge < -0.3 is 14.3 Å². The van der Waals surface area contributed by atoms with Gasteiger partial charge in [0.25, 0.3) is 0 Å². The van der Waals surface area contributed by atoms with Gasteiger partial charge in [0.15, 0.2) is 0 Å². The standard InChI is InChI=1S/C13H10FN3O2/c14-11-6-2-1-5-10(11)12-16-13(19-17-12)15-8-9-4-3-7-18-9/h1-7H,8H2,(H,15,16,17). The molecule has 2 aromatic heterocycles. The number of aromatic nitrogens is 2. The van der Waals surface area contributed by atoms with Gasteiger partial charge in [-0.05, 0) is 24.3 Å². The molecule has 0 aliphatic rings. The molecule has 5 nitrogen and oxygen atoms in total. The molecule has 0 fully saturated rings. The number of hydrogen-bond acceptors (Lipinski definition) is 5. The molecule has 0 amide bonds. The van der Waals surface area contributed by atoms with Gasteiger partial charge in [0.1, 0.15) is 11.6 Å². The molecule has 0 spiro atoms. The average Bonchev–Trinajstić information content (AvgIpc) is 3.08. The first-order chi connectivity index (χ1) is 9.33. The molecule has 0 saturated carbocycles. The van der Waals surface area contributed by atoms with Gasteiger partial charge in [-0.25, -0.2) is 4.39 Å². The second-order valence-electron chi connectivity index (χ2n) is 3.84. The van der Waals surface area contributed by atoms with E-state index in [1.165, 1.54) is 6.07 Å². The average molecular weight is 259 g/mol. The Balaban J connectivity index is 1.75. The number of furan rings is 1. The molecule has 2 heterocycles. The van der Waals surface area contributed by atoms with Crippen LogP contribution in [0.15, 0.2) is 51.6 Å². The highest BCUT2D eigenvalue weighted by molar-refractivity contribution is 5.56. The summed E-state index contributed by atoms with van der Waals surface area (Å²) in [5, 5.41) is 6.63. The normalized spacial score (nSPS) is 10.6. The molecular weight excluding hydrogens is 249 g/mol. The molecule has 0 saturated heterocycles. The zero-order chi connectivity index (χ0) is 13.1. The minimum absolute atomic E-state index is 0.208. The van der Waals surface area contributed by atoms with E-state index in [4.69, 9.17) is 8.94 Å². The summed E-state index contributed by atoms with van der Waals surface area (Å²) in [6.07, 6.45) is 1.58. The van der Waals surface area contributed by atoms with Crippen molar-refractivity contribution in [3.05, 3.63) is 54.2 Å². The van der Waals surface area contributed by atoms with Crippen LogP contribution in [0.4, 0.5) is 10.4 Å². The predicted octanol–water partition coefficient (Wildman–Crippen LogP) is 3.08. The fourth-order valence-corrected chi connectivity index (χ4v) is 1.62.